The molecular formula is C17H17NO4. The van der Waals surface area contributed by atoms with Gasteiger partial charge in [0.1, 0.15) is 23.7 Å². The number of hydrogen-bond acceptors (Lipinski definition) is 4. The molecule has 0 radical (unpaired) electrons. The van der Waals surface area contributed by atoms with Crippen LogP contribution in [0.15, 0.2) is 51.3 Å². The second-order valence-electron chi connectivity index (χ2n) is 5.08. The second-order valence-corrected chi connectivity index (χ2v) is 5.08. The first kappa shape index (κ1) is 14.4. The summed E-state index contributed by atoms with van der Waals surface area (Å²) in [6, 6.07) is 12.8. The van der Waals surface area contributed by atoms with Crippen molar-refractivity contribution in [2.24, 2.45) is 0 Å². The maximum Gasteiger partial charge on any atom is 0.287 e. The number of furan rings is 2. The number of para-hydroxylation sites is 1. The number of hydrogen-bond donors (Lipinski definition) is 1. The van der Waals surface area contributed by atoms with Crippen LogP contribution >= 0.6 is 0 Å². The summed E-state index contributed by atoms with van der Waals surface area (Å²) in [5.74, 6) is 1.30. The highest BCUT2D eigenvalue weighted by molar-refractivity contribution is 5.91. The van der Waals surface area contributed by atoms with Crippen molar-refractivity contribution in [2.75, 3.05) is 7.11 Å². The van der Waals surface area contributed by atoms with Crippen molar-refractivity contribution in [1.29, 1.82) is 0 Å². The largest absolute Gasteiger partial charge is 0.459 e. The molecule has 1 amide bonds. The number of amides is 1. The van der Waals surface area contributed by atoms with E-state index in [4.69, 9.17) is 13.6 Å². The van der Waals surface area contributed by atoms with Gasteiger partial charge >= 0.3 is 0 Å². The maximum absolute atomic E-state index is 12.2. The van der Waals surface area contributed by atoms with E-state index in [1.54, 1.807) is 19.2 Å². The zero-order valence-electron chi connectivity index (χ0n) is 12.5. The van der Waals surface area contributed by atoms with Gasteiger partial charge in [-0.3, -0.25) is 4.79 Å². The molecule has 0 saturated carbocycles. The SMILES string of the molecule is COCc1ccc(C(=O)NC(C)c2cc3ccccc3o2)o1. The highest BCUT2D eigenvalue weighted by Crippen LogP contribution is 2.23. The van der Waals surface area contributed by atoms with Gasteiger partial charge in [0.05, 0.1) is 6.04 Å². The summed E-state index contributed by atoms with van der Waals surface area (Å²) in [4.78, 5) is 12.2. The fraction of sp³-hybridized carbons (Fsp3) is 0.235. The lowest BCUT2D eigenvalue weighted by Gasteiger charge is -2.09. The molecule has 5 heteroatoms. The molecule has 1 aromatic carbocycles. The Morgan fingerprint density at radius 1 is 1.23 bits per heavy atom. The molecule has 0 saturated heterocycles. The number of rotatable bonds is 5. The molecule has 0 bridgehead atoms. The van der Waals surface area contributed by atoms with Crippen LogP contribution in [0, 0.1) is 0 Å². The Morgan fingerprint density at radius 3 is 2.82 bits per heavy atom. The molecule has 1 N–H and O–H groups in total. The monoisotopic (exact) mass is 299 g/mol. The number of methoxy groups -OCH3 is 1. The van der Waals surface area contributed by atoms with Crippen LogP contribution in [-0.2, 0) is 11.3 Å². The van der Waals surface area contributed by atoms with E-state index in [1.807, 2.05) is 37.3 Å². The van der Waals surface area contributed by atoms with Crippen molar-refractivity contribution in [1.82, 2.24) is 5.32 Å². The van der Waals surface area contributed by atoms with Crippen LogP contribution in [0.25, 0.3) is 11.0 Å². The van der Waals surface area contributed by atoms with Crippen LogP contribution in [0.4, 0.5) is 0 Å². The van der Waals surface area contributed by atoms with Gasteiger partial charge in [-0.1, -0.05) is 18.2 Å². The number of carbonyl (C=O) groups is 1. The third-order valence-corrected chi connectivity index (χ3v) is 3.39. The van der Waals surface area contributed by atoms with Gasteiger partial charge in [-0.05, 0) is 31.2 Å². The van der Waals surface area contributed by atoms with Crippen molar-refractivity contribution in [3.8, 4) is 0 Å². The van der Waals surface area contributed by atoms with E-state index in [1.165, 1.54) is 0 Å². The van der Waals surface area contributed by atoms with Gasteiger partial charge < -0.3 is 18.9 Å². The first-order valence-electron chi connectivity index (χ1n) is 7.04. The van der Waals surface area contributed by atoms with E-state index in [2.05, 4.69) is 5.32 Å². The van der Waals surface area contributed by atoms with Crippen LogP contribution in [0.1, 0.15) is 35.0 Å². The minimum absolute atomic E-state index is 0.254. The maximum atomic E-state index is 12.2. The molecule has 0 aliphatic rings. The van der Waals surface area contributed by atoms with Crippen LogP contribution in [0.2, 0.25) is 0 Å². The van der Waals surface area contributed by atoms with Crippen molar-refractivity contribution in [3.63, 3.8) is 0 Å². The minimum Gasteiger partial charge on any atom is -0.459 e. The Balaban J connectivity index is 1.72. The van der Waals surface area contributed by atoms with Crippen molar-refractivity contribution in [3.05, 3.63) is 59.7 Å². The van der Waals surface area contributed by atoms with Crippen LogP contribution in [0.3, 0.4) is 0 Å². The summed E-state index contributed by atoms with van der Waals surface area (Å²) in [6.07, 6.45) is 0. The Hall–Kier alpha value is -2.53. The summed E-state index contributed by atoms with van der Waals surface area (Å²) in [6.45, 7) is 2.21. The molecule has 1 atom stereocenters. The Bertz CT molecular complexity index is 754. The standard InChI is InChI=1S/C17H17NO4/c1-11(16-9-12-5-3-4-6-14(12)22-16)18-17(19)15-8-7-13(21-15)10-20-2/h3-9,11H,10H2,1-2H3,(H,18,19). The van der Waals surface area contributed by atoms with E-state index in [-0.39, 0.29) is 17.7 Å². The van der Waals surface area contributed by atoms with Crippen molar-refractivity contribution >= 4 is 16.9 Å². The first-order valence-corrected chi connectivity index (χ1v) is 7.04. The van der Waals surface area contributed by atoms with Crippen molar-refractivity contribution in [2.45, 2.75) is 19.6 Å². The van der Waals surface area contributed by atoms with Gasteiger partial charge in [-0.15, -0.1) is 0 Å². The lowest BCUT2D eigenvalue weighted by Crippen LogP contribution is -2.25. The molecular weight excluding hydrogens is 282 g/mol. The highest BCUT2D eigenvalue weighted by Gasteiger charge is 2.17. The van der Waals surface area contributed by atoms with E-state index in [9.17, 15) is 4.79 Å². The number of ether oxygens (including phenoxy) is 1. The second kappa shape index (κ2) is 6.07. The molecule has 0 aliphatic carbocycles. The molecule has 3 rings (SSSR count). The van der Waals surface area contributed by atoms with Gasteiger partial charge in [0.2, 0.25) is 0 Å². The van der Waals surface area contributed by atoms with Gasteiger partial charge in [0.25, 0.3) is 5.91 Å². The molecule has 0 fully saturated rings. The average molecular weight is 299 g/mol. The smallest absolute Gasteiger partial charge is 0.287 e. The van der Waals surface area contributed by atoms with Gasteiger partial charge in [0.15, 0.2) is 5.76 Å². The molecule has 0 aliphatic heterocycles. The quantitative estimate of drug-likeness (QED) is 0.780. The summed E-state index contributed by atoms with van der Waals surface area (Å²) in [7, 11) is 1.58. The number of nitrogens with one attached hydrogen (secondary N) is 1. The molecule has 114 valence electrons. The zero-order chi connectivity index (χ0) is 15.5. The molecule has 2 aromatic heterocycles. The van der Waals surface area contributed by atoms with Crippen LogP contribution in [0.5, 0.6) is 0 Å². The Labute approximate surface area is 127 Å². The summed E-state index contributed by atoms with van der Waals surface area (Å²) >= 11 is 0. The van der Waals surface area contributed by atoms with Crippen LogP contribution < -0.4 is 5.32 Å². The third-order valence-electron chi connectivity index (χ3n) is 3.39. The van der Waals surface area contributed by atoms with E-state index < -0.39 is 0 Å². The highest BCUT2D eigenvalue weighted by atomic mass is 16.5. The topological polar surface area (TPSA) is 64.6 Å². The lowest BCUT2D eigenvalue weighted by atomic mass is 10.2. The number of carbonyl (C=O) groups excluding carboxylic acids is 1. The summed E-state index contributed by atoms with van der Waals surface area (Å²) in [5, 5.41) is 3.87. The molecule has 5 nitrogen and oxygen atoms in total. The number of benzene rings is 1. The van der Waals surface area contributed by atoms with E-state index in [0.29, 0.717) is 18.1 Å². The van der Waals surface area contributed by atoms with E-state index in [0.717, 1.165) is 11.0 Å². The number of fused-ring (bicyclic) bond motifs is 1. The van der Waals surface area contributed by atoms with Crippen molar-refractivity contribution < 1.29 is 18.4 Å². The minimum atomic E-state index is -0.282. The molecule has 22 heavy (non-hydrogen) atoms. The van der Waals surface area contributed by atoms with Gasteiger partial charge in [0, 0.05) is 12.5 Å². The molecule has 2 heterocycles. The Kier molecular flexibility index (Phi) is 3.98. The van der Waals surface area contributed by atoms with Gasteiger partial charge in [-0.25, -0.2) is 0 Å². The molecule has 1 unspecified atom stereocenters. The fourth-order valence-electron chi connectivity index (χ4n) is 2.27. The van der Waals surface area contributed by atoms with Crippen LogP contribution in [-0.4, -0.2) is 13.0 Å². The first-order chi connectivity index (χ1) is 10.7. The normalized spacial score (nSPS) is 12.5. The molecule has 0 spiro atoms. The Morgan fingerprint density at radius 2 is 2.05 bits per heavy atom. The lowest BCUT2D eigenvalue weighted by molar-refractivity contribution is 0.0899. The van der Waals surface area contributed by atoms with E-state index >= 15 is 0 Å². The summed E-state index contributed by atoms with van der Waals surface area (Å²) < 4.78 is 16.1. The predicted molar refractivity (Wildman–Crippen MR) is 81.5 cm³/mol. The zero-order valence-corrected chi connectivity index (χ0v) is 12.5. The fourth-order valence-corrected chi connectivity index (χ4v) is 2.27. The molecule has 3 aromatic rings. The predicted octanol–water partition coefficient (Wildman–Crippen LogP) is 3.66. The summed E-state index contributed by atoms with van der Waals surface area (Å²) in [5.41, 5.74) is 0.805. The van der Waals surface area contributed by atoms with Gasteiger partial charge in [-0.2, -0.15) is 0 Å². The average Bonchev–Trinajstić information content (AvgIpc) is 3.13. The third kappa shape index (κ3) is 2.89.